The molecule has 1 unspecified atom stereocenters. The van der Waals surface area contributed by atoms with Crippen LogP contribution in [0.4, 0.5) is 5.69 Å². The van der Waals surface area contributed by atoms with Gasteiger partial charge in [0.1, 0.15) is 0 Å². The van der Waals surface area contributed by atoms with E-state index in [2.05, 4.69) is 31.1 Å². The molecule has 1 rings (SSSR count). The lowest BCUT2D eigenvalue weighted by Crippen LogP contribution is -2.25. The fourth-order valence-corrected chi connectivity index (χ4v) is 1.77. The van der Waals surface area contributed by atoms with E-state index < -0.39 is 0 Å². The quantitative estimate of drug-likeness (QED) is 0.763. The van der Waals surface area contributed by atoms with Crippen LogP contribution in [-0.2, 0) is 6.42 Å². The third-order valence-electron chi connectivity index (χ3n) is 2.89. The number of rotatable bonds is 7. The van der Waals surface area contributed by atoms with Gasteiger partial charge in [0.15, 0.2) is 0 Å². The molecule has 3 nitrogen and oxygen atoms in total. The third kappa shape index (κ3) is 5.68. The van der Waals surface area contributed by atoms with E-state index in [1.165, 1.54) is 5.56 Å². The Labute approximate surface area is 105 Å². The molecule has 0 saturated heterocycles. The molecule has 0 aliphatic heterocycles. The number of pyridine rings is 1. The summed E-state index contributed by atoms with van der Waals surface area (Å²) in [5.74, 6) is 1.39. The Morgan fingerprint density at radius 2 is 2.06 bits per heavy atom. The summed E-state index contributed by atoms with van der Waals surface area (Å²) in [5, 5.41) is 3.49. The first-order valence-electron chi connectivity index (χ1n) is 6.48. The van der Waals surface area contributed by atoms with Crippen LogP contribution in [0.2, 0.25) is 0 Å². The summed E-state index contributed by atoms with van der Waals surface area (Å²) in [6.45, 7) is 8.92. The van der Waals surface area contributed by atoms with Gasteiger partial charge in [-0.2, -0.15) is 0 Å². The lowest BCUT2D eigenvalue weighted by molar-refractivity contribution is 0.454. The molecule has 0 bridgehead atoms. The molecular weight excluding hydrogens is 210 g/mol. The van der Waals surface area contributed by atoms with Crippen molar-refractivity contribution in [1.29, 1.82) is 0 Å². The fraction of sp³-hybridized carbons (Fsp3) is 0.643. The van der Waals surface area contributed by atoms with Crippen molar-refractivity contribution in [2.75, 3.05) is 18.8 Å². The number of nitrogens with zero attached hydrogens (tertiary/aromatic N) is 1. The number of nitrogen functional groups attached to an aromatic ring is 1. The standard InChI is InChI=1S/C14H25N3/c1-11(2)8-17-9-12(3)4-5-13-10-16-7-6-14(13)15/h6-7,10-12,17H,4-5,8-9H2,1-3H3,(H2,15,16). The molecule has 1 aromatic rings. The first-order chi connectivity index (χ1) is 8.09. The van der Waals surface area contributed by atoms with E-state index in [4.69, 9.17) is 5.73 Å². The zero-order chi connectivity index (χ0) is 12.7. The molecule has 3 heteroatoms. The number of hydrogen-bond acceptors (Lipinski definition) is 3. The topological polar surface area (TPSA) is 50.9 Å². The normalized spacial score (nSPS) is 12.9. The average molecular weight is 235 g/mol. The molecule has 0 spiro atoms. The Morgan fingerprint density at radius 3 is 2.71 bits per heavy atom. The molecule has 0 radical (unpaired) electrons. The maximum atomic E-state index is 5.89. The van der Waals surface area contributed by atoms with Crippen LogP contribution in [0.15, 0.2) is 18.5 Å². The Balaban J connectivity index is 2.24. The average Bonchev–Trinajstić information content (AvgIpc) is 2.27. The lowest BCUT2D eigenvalue weighted by atomic mass is 10.0. The predicted octanol–water partition coefficient (Wildman–Crippen LogP) is 2.48. The van der Waals surface area contributed by atoms with Crippen molar-refractivity contribution in [2.24, 2.45) is 11.8 Å². The summed E-state index contributed by atoms with van der Waals surface area (Å²) in [7, 11) is 0. The van der Waals surface area contributed by atoms with Crippen molar-refractivity contribution >= 4 is 5.69 Å². The summed E-state index contributed by atoms with van der Waals surface area (Å²) in [4.78, 5) is 4.11. The van der Waals surface area contributed by atoms with Crippen molar-refractivity contribution in [3.63, 3.8) is 0 Å². The van der Waals surface area contributed by atoms with Crippen LogP contribution in [0.25, 0.3) is 0 Å². The van der Waals surface area contributed by atoms with Gasteiger partial charge in [0, 0.05) is 18.1 Å². The van der Waals surface area contributed by atoms with Crippen LogP contribution in [0.5, 0.6) is 0 Å². The lowest BCUT2D eigenvalue weighted by Gasteiger charge is -2.14. The Hall–Kier alpha value is -1.09. The number of nitrogens with two attached hydrogens (primary N) is 1. The maximum Gasteiger partial charge on any atom is 0.0377 e. The molecule has 0 fully saturated rings. The summed E-state index contributed by atoms with van der Waals surface area (Å²) in [6, 6.07) is 1.87. The largest absolute Gasteiger partial charge is 0.398 e. The van der Waals surface area contributed by atoms with Crippen LogP contribution in [0.3, 0.4) is 0 Å². The summed E-state index contributed by atoms with van der Waals surface area (Å²) < 4.78 is 0. The van der Waals surface area contributed by atoms with Gasteiger partial charge in [-0.3, -0.25) is 4.98 Å². The van der Waals surface area contributed by atoms with Crippen LogP contribution >= 0.6 is 0 Å². The highest BCUT2D eigenvalue weighted by molar-refractivity contribution is 5.44. The predicted molar refractivity (Wildman–Crippen MR) is 73.8 cm³/mol. The van der Waals surface area contributed by atoms with Crippen LogP contribution in [0, 0.1) is 11.8 Å². The molecule has 0 aliphatic rings. The summed E-state index contributed by atoms with van der Waals surface area (Å²) in [5.41, 5.74) is 7.92. The van der Waals surface area contributed by atoms with Gasteiger partial charge in [-0.25, -0.2) is 0 Å². The Kier molecular flexibility index (Phi) is 5.98. The van der Waals surface area contributed by atoms with Gasteiger partial charge in [-0.05, 0) is 49.4 Å². The number of anilines is 1. The second kappa shape index (κ2) is 7.28. The van der Waals surface area contributed by atoms with Crippen LogP contribution < -0.4 is 11.1 Å². The molecule has 0 saturated carbocycles. The summed E-state index contributed by atoms with van der Waals surface area (Å²) in [6.07, 6.45) is 5.79. The SMILES string of the molecule is CC(C)CNCC(C)CCc1cnccc1N. The Morgan fingerprint density at radius 1 is 1.29 bits per heavy atom. The molecule has 96 valence electrons. The number of hydrogen-bond donors (Lipinski definition) is 2. The highest BCUT2D eigenvalue weighted by atomic mass is 14.9. The van der Waals surface area contributed by atoms with E-state index in [0.717, 1.165) is 37.5 Å². The highest BCUT2D eigenvalue weighted by Gasteiger charge is 2.05. The fourth-order valence-electron chi connectivity index (χ4n) is 1.77. The van der Waals surface area contributed by atoms with Crippen molar-refractivity contribution < 1.29 is 0 Å². The zero-order valence-corrected chi connectivity index (χ0v) is 11.2. The number of aromatic nitrogens is 1. The van der Waals surface area contributed by atoms with E-state index in [9.17, 15) is 0 Å². The zero-order valence-electron chi connectivity index (χ0n) is 11.2. The van der Waals surface area contributed by atoms with Crippen molar-refractivity contribution in [1.82, 2.24) is 10.3 Å². The second-order valence-corrected chi connectivity index (χ2v) is 5.27. The first-order valence-corrected chi connectivity index (χ1v) is 6.48. The van der Waals surface area contributed by atoms with Crippen LogP contribution in [0.1, 0.15) is 32.8 Å². The minimum Gasteiger partial charge on any atom is -0.398 e. The maximum absolute atomic E-state index is 5.89. The smallest absolute Gasteiger partial charge is 0.0377 e. The van der Waals surface area contributed by atoms with Crippen molar-refractivity contribution in [3.05, 3.63) is 24.0 Å². The first kappa shape index (κ1) is 14.0. The van der Waals surface area contributed by atoms with Gasteiger partial charge >= 0.3 is 0 Å². The third-order valence-corrected chi connectivity index (χ3v) is 2.89. The minimum absolute atomic E-state index is 0.674. The van der Waals surface area contributed by atoms with E-state index >= 15 is 0 Å². The van der Waals surface area contributed by atoms with Crippen molar-refractivity contribution in [3.8, 4) is 0 Å². The van der Waals surface area contributed by atoms with Gasteiger partial charge in [-0.15, -0.1) is 0 Å². The highest BCUT2D eigenvalue weighted by Crippen LogP contribution is 2.14. The van der Waals surface area contributed by atoms with Gasteiger partial charge < -0.3 is 11.1 Å². The number of aryl methyl sites for hydroxylation is 1. The monoisotopic (exact) mass is 235 g/mol. The molecule has 17 heavy (non-hydrogen) atoms. The molecule has 0 aliphatic carbocycles. The van der Waals surface area contributed by atoms with Gasteiger partial charge in [-0.1, -0.05) is 20.8 Å². The molecular formula is C14H25N3. The molecule has 3 N–H and O–H groups in total. The van der Waals surface area contributed by atoms with E-state index in [1.807, 2.05) is 12.3 Å². The molecule has 0 aromatic carbocycles. The van der Waals surface area contributed by atoms with E-state index in [-0.39, 0.29) is 0 Å². The van der Waals surface area contributed by atoms with E-state index in [1.54, 1.807) is 6.20 Å². The van der Waals surface area contributed by atoms with Gasteiger partial charge in [0.05, 0.1) is 0 Å². The number of nitrogens with one attached hydrogen (secondary N) is 1. The second-order valence-electron chi connectivity index (χ2n) is 5.27. The van der Waals surface area contributed by atoms with Gasteiger partial charge in [0.2, 0.25) is 0 Å². The minimum atomic E-state index is 0.674. The van der Waals surface area contributed by atoms with Crippen molar-refractivity contribution in [2.45, 2.75) is 33.6 Å². The van der Waals surface area contributed by atoms with Gasteiger partial charge in [0.25, 0.3) is 0 Å². The molecule has 1 atom stereocenters. The molecule has 1 heterocycles. The Bertz CT molecular complexity index is 323. The van der Waals surface area contributed by atoms with Crippen LogP contribution in [-0.4, -0.2) is 18.1 Å². The van der Waals surface area contributed by atoms with E-state index in [0.29, 0.717) is 5.92 Å². The molecule has 1 aromatic heterocycles. The summed E-state index contributed by atoms with van der Waals surface area (Å²) >= 11 is 0. The molecule has 0 amide bonds.